The zero-order valence-corrected chi connectivity index (χ0v) is 16.4. The summed E-state index contributed by atoms with van der Waals surface area (Å²) in [5, 5.41) is 4.57. The molecule has 3 aliphatic rings. The van der Waals surface area contributed by atoms with E-state index in [0.717, 1.165) is 82.6 Å². The fourth-order valence-electron chi connectivity index (χ4n) is 4.61. The molecule has 7 heteroatoms. The van der Waals surface area contributed by atoms with Crippen LogP contribution >= 0.6 is 0 Å². The van der Waals surface area contributed by atoms with Gasteiger partial charge in [0.05, 0.1) is 12.2 Å². The summed E-state index contributed by atoms with van der Waals surface area (Å²) >= 11 is 0. The van der Waals surface area contributed by atoms with Gasteiger partial charge in [-0.25, -0.2) is 4.68 Å². The number of likely N-dealkylation sites (tertiary alicyclic amines) is 1. The maximum Gasteiger partial charge on any atom is 0.267 e. The van der Waals surface area contributed by atoms with Gasteiger partial charge < -0.3 is 4.90 Å². The van der Waals surface area contributed by atoms with E-state index in [9.17, 15) is 9.59 Å². The predicted octanol–water partition coefficient (Wildman–Crippen LogP) is 0.361. The maximum atomic E-state index is 12.2. The minimum absolute atomic E-state index is 0.0410. The standard InChI is InChI=1S/C20H31N5O2/c1-22-17(5-3-7-19(22)26)15-24-10-8-23(9-11-24)12-13-25-20(27)14-16-4-2-6-18(16)21-25/h14,17H,2-13,15H2,1H3. The number of rotatable bonds is 5. The SMILES string of the molecule is CN1C(=O)CCCC1CN1CCN(CCn2nc3c(cc2=O)CCC3)CC1. The molecule has 1 aliphatic carbocycles. The smallest absolute Gasteiger partial charge is 0.267 e. The number of hydrogen-bond acceptors (Lipinski definition) is 5. The van der Waals surface area contributed by atoms with Crippen LogP contribution in [0, 0.1) is 0 Å². The first-order chi connectivity index (χ1) is 13.1. The Morgan fingerprint density at radius 1 is 1.00 bits per heavy atom. The number of carbonyl (C=O) groups excluding carboxylic acids is 1. The van der Waals surface area contributed by atoms with Gasteiger partial charge in [-0.2, -0.15) is 5.10 Å². The van der Waals surface area contributed by atoms with Crippen molar-refractivity contribution >= 4 is 5.91 Å². The van der Waals surface area contributed by atoms with Crippen molar-refractivity contribution in [2.24, 2.45) is 0 Å². The molecule has 7 nitrogen and oxygen atoms in total. The minimum atomic E-state index is 0.0410. The summed E-state index contributed by atoms with van der Waals surface area (Å²) in [6.07, 6.45) is 5.98. The summed E-state index contributed by atoms with van der Waals surface area (Å²) < 4.78 is 1.65. The first-order valence-electron chi connectivity index (χ1n) is 10.4. The van der Waals surface area contributed by atoms with Gasteiger partial charge >= 0.3 is 0 Å². The van der Waals surface area contributed by atoms with Gasteiger partial charge in [0.25, 0.3) is 5.56 Å². The molecule has 0 spiro atoms. The molecule has 1 unspecified atom stereocenters. The minimum Gasteiger partial charge on any atom is -0.341 e. The second-order valence-corrected chi connectivity index (χ2v) is 8.22. The first kappa shape index (κ1) is 18.6. The predicted molar refractivity (Wildman–Crippen MR) is 104 cm³/mol. The Morgan fingerprint density at radius 3 is 2.59 bits per heavy atom. The molecule has 0 N–H and O–H groups in total. The molecule has 3 heterocycles. The Labute approximate surface area is 160 Å². The van der Waals surface area contributed by atoms with Gasteiger partial charge in [-0.15, -0.1) is 0 Å². The van der Waals surface area contributed by atoms with Gasteiger partial charge in [-0.3, -0.25) is 19.4 Å². The fourth-order valence-corrected chi connectivity index (χ4v) is 4.61. The molecule has 148 valence electrons. The Morgan fingerprint density at radius 2 is 1.78 bits per heavy atom. The van der Waals surface area contributed by atoms with Crippen LogP contribution < -0.4 is 5.56 Å². The summed E-state index contributed by atoms with van der Waals surface area (Å²) in [7, 11) is 1.95. The van der Waals surface area contributed by atoms with Crippen molar-refractivity contribution in [3.05, 3.63) is 27.7 Å². The highest BCUT2D eigenvalue weighted by molar-refractivity contribution is 5.76. The van der Waals surface area contributed by atoms with Gasteiger partial charge in [0, 0.05) is 64.8 Å². The third kappa shape index (κ3) is 4.24. The number of likely N-dealkylation sites (N-methyl/N-ethyl adjacent to an activating group) is 1. The molecule has 1 aromatic rings. The molecule has 2 saturated heterocycles. The van der Waals surface area contributed by atoms with E-state index < -0.39 is 0 Å². The van der Waals surface area contributed by atoms with Crippen LogP contribution in [-0.4, -0.2) is 82.7 Å². The van der Waals surface area contributed by atoms with Crippen molar-refractivity contribution < 1.29 is 4.79 Å². The number of piperidine rings is 1. The lowest BCUT2D eigenvalue weighted by atomic mass is 10.0. The quantitative estimate of drug-likeness (QED) is 0.746. The summed E-state index contributed by atoms with van der Waals surface area (Å²) in [4.78, 5) is 31.0. The van der Waals surface area contributed by atoms with E-state index in [1.807, 2.05) is 11.9 Å². The molecular formula is C20H31N5O2. The monoisotopic (exact) mass is 373 g/mol. The lowest BCUT2D eigenvalue weighted by molar-refractivity contribution is -0.135. The number of aromatic nitrogens is 2. The van der Waals surface area contributed by atoms with E-state index in [2.05, 4.69) is 14.9 Å². The van der Waals surface area contributed by atoms with Gasteiger partial charge in [-0.05, 0) is 37.7 Å². The lowest BCUT2D eigenvalue weighted by Crippen LogP contribution is -2.53. The Hall–Kier alpha value is -1.73. The largest absolute Gasteiger partial charge is 0.341 e. The van der Waals surface area contributed by atoms with Crippen LogP contribution in [0.5, 0.6) is 0 Å². The van der Waals surface area contributed by atoms with Crippen molar-refractivity contribution in [3.8, 4) is 0 Å². The molecule has 1 amide bonds. The summed E-state index contributed by atoms with van der Waals surface area (Å²) in [6, 6.07) is 2.15. The number of fused-ring (bicyclic) bond motifs is 1. The fraction of sp³-hybridized carbons (Fsp3) is 0.750. The van der Waals surface area contributed by atoms with Crippen molar-refractivity contribution in [1.29, 1.82) is 0 Å². The Kier molecular flexibility index (Phi) is 5.59. The normalized spacial score (nSPS) is 24.4. The van der Waals surface area contributed by atoms with Crippen LogP contribution in [-0.2, 0) is 24.2 Å². The van der Waals surface area contributed by atoms with Gasteiger partial charge in [-0.1, -0.05) is 0 Å². The van der Waals surface area contributed by atoms with Gasteiger partial charge in [0.2, 0.25) is 5.91 Å². The highest BCUT2D eigenvalue weighted by Gasteiger charge is 2.27. The van der Waals surface area contributed by atoms with Crippen LogP contribution in [0.3, 0.4) is 0 Å². The average molecular weight is 374 g/mol. The van der Waals surface area contributed by atoms with Crippen LogP contribution in [0.1, 0.15) is 36.9 Å². The van der Waals surface area contributed by atoms with Crippen molar-refractivity contribution in [2.45, 2.75) is 51.1 Å². The lowest BCUT2D eigenvalue weighted by Gasteiger charge is -2.40. The number of nitrogens with zero attached hydrogens (tertiary/aromatic N) is 5. The van der Waals surface area contributed by atoms with Crippen molar-refractivity contribution in [3.63, 3.8) is 0 Å². The number of carbonyl (C=O) groups is 1. The van der Waals surface area contributed by atoms with Gasteiger partial charge in [0.15, 0.2) is 0 Å². The zero-order valence-electron chi connectivity index (χ0n) is 16.4. The second-order valence-electron chi connectivity index (χ2n) is 8.22. The first-order valence-corrected chi connectivity index (χ1v) is 10.4. The highest BCUT2D eigenvalue weighted by Crippen LogP contribution is 2.18. The number of amides is 1. The average Bonchev–Trinajstić information content (AvgIpc) is 3.12. The molecule has 0 bridgehead atoms. The molecule has 1 atom stereocenters. The maximum absolute atomic E-state index is 12.2. The Bertz CT molecular complexity index is 738. The molecule has 1 aromatic heterocycles. The van der Waals surface area contributed by atoms with E-state index in [1.54, 1.807) is 10.7 Å². The summed E-state index contributed by atoms with van der Waals surface area (Å²) in [6.45, 7) is 6.64. The topological polar surface area (TPSA) is 61.7 Å². The molecule has 0 saturated carbocycles. The molecular weight excluding hydrogens is 342 g/mol. The zero-order chi connectivity index (χ0) is 18.8. The number of hydrogen-bond donors (Lipinski definition) is 0. The van der Waals surface area contributed by atoms with E-state index in [-0.39, 0.29) is 11.5 Å². The van der Waals surface area contributed by atoms with Crippen LogP contribution in [0.25, 0.3) is 0 Å². The van der Waals surface area contributed by atoms with E-state index in [4.69, 9.17) is 0 Å². The number of aryl methyl sites for hydroxylation is 2. The van der Waals surface area contributed by atoms with Crippen LogP contribution in [0.4, 0.5) is 0 Å². The van der Waals surface area contributed by atoms with E-state index in [0.29, 0.717) is 19.0 Å². The molecule has 2 fully saturated rings. The van der Waals surface area contributed by atoms with Crippen LogP contribution in [0.15, 0.2) is 10.9 Å². The number of piperazine rings is 1. The third-order valence-corrected chi connectivity index (χ3v) is 6.45. The van der Waals surface area contributed by atoms with Crippen molar-refractivity contribution in [2.75, 3.05) is 46.3 Å². The summed E-state index contributed by atoms with van der Waals surface area (Å²) in [5.74, 6) is 0.289. The van der Waals surface area contributed by atoms with Crippen LogP contribution in [0.2, 0.25) is 0 Å². The molecule has 0 aromatic carbocycles. The third-order valence-electron chi connectivity index (χ3n) is 6.45. The summed E-state index contributed by atoms with van der Waals surface area (Å²) in [5.41, 5.74) is 2.31. The van der Waals surface area contributed by atoms with E-state index >= 15 is 0 Å². The van der Waals surface area contributed by atoms with Crippen molar-refractivity contribution in [1.82, 2.24) is 24.5 Å². The highest BCUT2D eigenvalue weighted by atomic mass is 16.2. The van der Waals surface area contributed by atoms with Gasteiger partial charge in [0.1, 0.15) is 0 Å². The molecule has 4 rings (SSSR count). The van der Waals surface area contributed by atoms with E-state index in [1.165, 1.54) is 0 Å². The Balaban J connectivity index is 1.24. The second kappa shape index (κ2) is 8.10. The molecule has 2 aliphatic heterocycles. The molecule has 0 radical (unpaired) electrons. The molecule has 27 heavy (non-hydrogen) atoms.